The number of hydrogen-bond acceptors (Lipinski definition) is 2. The highest BCUT2D eigenvalue weighted by Gasteiger charge is 2.45. The Morgan fingerprint density at radius 3 is 2.65 bits per heavy atom. The molecule has 1 fully saturated rings. The van der Waals surface area contributed by atoms with Crippen LogP contribution in [-0.4, -0.2) is 12.5 Å². The van der Waals surface area contributed by atoms with Crippen LogP contribution in [0.25, 0.3) is 0 Å². The van der Waals surface area contributed by atoms with Gasteiger partial charge >= 0.3 is 0 Å². The van der Waals surface area contributed by atoms with Crippen LogP contribution >= 0.6 is 11.6 Å². The van der Waals surface area contributed by atoms with E-state index in [0.29, 0.717) is 6.61 Å². The fourth-order valence-electron chi connectivity index (χ4n) is 3.38. The first-order chi connectivity index (χ1) is 11.2. The number of para-hydroxylation sites is 1. The number of fused-ring (bicyclic) bond motifs is 1. The predicted molar refractivity (Wildman–Crippen MR) is 89.7 cm³/mol. The van der Waals surface area contributed by atoms with Gasteiger partial charge in [-0.05, 0) is 30.0 Å². The van der Waals surface area contributed by atoms with Gasteiger partial charge in [0.25, 0.3) is 0 Å². The average Bonchev–Trinajstić information content (AvgIpc) is 3.36. The van der Waals surface area contributed by atoms with Crippen molar-refractivity contribution in [2.45, 2.75) is 24.8 Å². The first-order valence-corrected chi connectivity index (χ1v) is 8.38. The Labute approximate surface area is 140 Å². The van der Waals surface area contributed by atoms with Gasteiger partial charge in [0.1, 0.15) is 5.75 Å². The molecule has 0 saturated heterocycles. The van der Waals surface area contributed by atoms with E-state index in [1.807, 2.05) is 48.5 Å². The lowest BCUT2D eigenvalue weighted by atomic mass is 10.00. The molecule has 1 amide bonds. The smallest absolute Gasteiger partial charge is 0.224 e. The van der Waals surface area contributed by atoms with Crippen LogP contribution in [0.2, 0.25) is 5.02 Å². The fraction of sp³-hybridized carbons (Fsp3) is 0.316. The highest BCUT2D eigenvalue weighted by atomic mass is 35.5. The van der Waals surface area contributed by atoms with E-state index in [-0.39, 0.29) is 23.8 Å². The Balaban J connectivity index is 1.45. The summed E-state index contributed by atoms with van der Waals surface area (Å²) in [6, 6.07) is 15.8. The van der Waals surface area contributed by atoms with E-state index in [1.165, 1.54) is 0 Å². The Morgan fingerprint density at radius 2 is 1.83 bits per heavy atom. The second-order valence-electron chi connectivity index (χ2n) is 6.21. The van der Waals surface area contributed by atoms with Crippen molar-refractivity contribution < 1.29 is 9.53 Å². The maximum atomic E-state index is 12.6. The summed E-state index contributed by atoms with van der Waals surface area (Å²) >= 11 is 6.24. The van der Waals surface area contributed by atoms with Gasteiger partial charge in [-0.1, -0.05) is 48.0 Å². The van der Waals surface area contributed by atoms with Gasteiger partial charge in [0, 0.05) is 22.9 Å². The van der Waals surface area contributed by atoms with Crippen LogP contribution in [0.3, 0.4) is 0 Å². The number of nitrogens with one attached hydrogen (secondary N) is 1. The van der Waals surface area contributed by atoms with Gasteiger partial charge < -0.3 is 10.1 Å². The molecule has 0 radical (unpaired) electrons. The molecule has 1 saturated carbocycles. The minimum absolute atomic E-state index is 0.0323. The Morgan fingerprint density at radius 1 is 1.09 bits per heavy atom. The third kappa shape index (κ3) is 2.81. The van der Waals surface area contributed by atoms with E-state index in [4.69, 9.17) is 16.3 Å². The number of carbonyl (C=O) groups is 1. The number of ether oxygens (including phenoxy) is 1. The maximum Gasteiger partial charge on any atom is 0.224 e. The van der Waals surface area contributed by atoms with Crippen molar-refractivity contribution in [2.75, 3.05) is 6.61 Å². The zero-order valence-electron chi connectivity index (χ0n) is 12.7. The molecule has 0 bridgehead atoms. The van der Waals surface area contributed by atoms with E-state index < -0.39 is 0 Å². The zero-order valence-corrected chi connectivity index (χ0v) is 13.4. The monoisotopic (exact) mass is 327 g/mol. The molecule has 23 heavy (non-hydrogen) atoms. The second-order valence-corrected chi connectivity index (χ2v) is 6.61. The summed E-state index contributed by atoms with van der Waals surface area (Å²) < 4.78 is 5.65. The van der Waals surface area contributed by atoms with E-state index in [9.17, 15) is 4.79 Å². The number of carbonyl (C=O) groups excluding carboxylic acids is 1. The summed E-state index contributed by atoms with van der Waals surface area (Å²) in [5.74, 6) is 1.28. The molecule has 2 aromatic rings. The van der Waals surface area contributed by atoms with Gasteiger partial charge in [0.15, 0.2) is 0 Å². The third-order valence-corrected chi connectivity index (χ3v) is 5.05. The van der Waals surface area contributed by atoms with Crippen LogP contribution < -0.4 is 10.1 Å². The van der Waals surface area contributed by atoms with E-state index in [1.54, 1.807) is 0 Å². The highest BCUT2D eigenvalue weighted by Crippen LogP contribution is 2.50. The summed E-state index contributed by atoms with van der Waals surface area (Å²) in [4.78, 5) is 12.6. The maximum absolute atomic E-state index is 12.6. The molecule has 2 aromatic carbocycles. The molecule has 0 aromatic heterocycles. The van der Waals surface area contributed by atoms with Crippen LogP contribution in [-0.2, 0) is 4.79 Å². The molecule has 2 aliphatic rings. The molecular formula is C19H18ClNO2. The molecular weight excluding hydrogens is 310 g/mol. The lowest BCUT2D eigenvalue weighted by Crippen LogP contribution is -2.33. The van der Waals surface area contributed by atoms with Crippen molar-refractivity contribution in [3.8, 4) is 5.75 Å². The molecule has 4 rings (SSSR count). The van der Waals surface area contributed by atoms with E-state index in [0.717, 1.165) is 34.7 Å². The van der Waals surface area contributed by atoms with Gasteiger partial charge in [-0.2, -0.15) is 0 Å². The predicted octanol–water partition coefficient (Wildman–Crippen LogP) is 4.08. The highest BCUT2D eigenvalue weighted by molar-refractivity contribution is 6.31. The minimum atomic E-state index is 0.0323. The summed E-state index contributed by atoms with van der Waals surface area (Å²) in [6.07, 6.45) is 1.69. The van der Waals surface area contributed by atoms with Crippen molar-refractivity contribution >= 4 is 17.5 Å². The normalized spacial score (nSPS) is 25.2. The summed E-state index contributed by atoms with van der Waals surface area (Å²) in [7, 11) is 0. The standard InChI is InChI=1S/C19H18ClNO2/c20-16-7-3-1-5-12(16)14-11-15(14)19(22)21-17-9-10-23-18-8-4-2-6-13(17)18/h1-8,14-15,17H,9-11H2,(H,21,22). The first-order valence-electron chi connectivity index (χ1n) is 8.00. The molecule has 1 aliphatic heterocycles. The lowest BCUT2D eigenvalue weighted by Gasteiger charge is -2.26. The van der Waals surface area contributed by atoms with Crippen LogP contribution in [0, 0.1) is 5.92 Å². The van der Waals surface area contributed by atoms with E-state index >= 15 is 0 Å². The second kappa shape index (κ2) is 5.89. The number of halogens is 1. The minimum Gasteiger partial charge on any atom is -0.493 e. The molecule has 4 heteroatoms. The van der Waals surface area contributed by atoms with Gasteiger partial charge in [0.05, 0.1) is 12.6 Å². The van der Waals surface area contributed by atoms with Crippen LogP contribution in [0.1, 0.15) is 35.9 Å². The molecule has 1 aliphatic carbocycles. The topological polar surface area (TPSA) is 38.3 Å². The number of rotatable bonds is 3. The van der Waals surface area contributed by atoms with Crippen molar-refractivity contribution in [1.29, 1.82) is 0 Å². The Hall–Kier alpha value is -2.00. The fourth-order valence-corrected chi connectivity index (χ4v) is 3.65. The Bertz CT molecular complexity index is 746. The van der Waals surface area contributed by atoms with Crippen molar-refractivity contribution in [3.05, 3.63) is 64.7 Å². The Kier molecular flexibility index (Phi) is 3.74. The summed E-state index contributed by atoms with van der Waals surface area (Å²) in [6.45, 7) is 0.639. The first kappa shape index (κ1) is 14.6. The van der Waals surface area contributed by atoms with Crippen molar-refractivity contribution in [2.24, 2.45) is 5.92 Å². The molecule has 3 unspecified atom stereocenters. The van der Waals surface area contributed by atoms with Crippen LogP contribution in [0.15, 0.2) is 48.5 Å². The van der Waals surface area contributed by atoms with Gasteiger partial charge in [-0.3, -0.25) is 4.79 Å². The third-order valence-electron chi connectivity index (χ3n) is 4.71. The van der Waals surface area contributed by atoms with Crippen LogP contribution in [0.5, 0.6) is 5.75 Å². The average molecular weight is 328 g/mol. The number of amides is 1. The molecule has 1 N–H and O–H groups in total. The van der Waals surface area contributed by atoms with E-state index in [2.05, 4.69) is 5.32 Å². The van der Waals surface area contributed by atoms with Gasteiger partial charge in [-0.25, -0.2) is 0 Å². The molecule has 118 valence electrons. The molecule has 3 nitrogen and oxygen atoms in total. The largest absolute Gasteiger partial charge is 0.493 e. The van der Waals surface area contributed by atoms with Crippen molar-refractivity contribution in [3.63, 3.8) is 0 Å². The zero-order chi connectivity index (χ0) is 15.8. The molecule has 0 spiro atoms. The summed E-state index contributed by atoms with van der Waals surface area (Å²) in [5.41, 5.74) is 2.16. The van der Waals surface area contributed by atoms with Gasteiger partial charge in [-0.15, -0.1) is 0 Å². The molecule has 3 atom stereocenters. The van der Waals surface area contributed by atoms with Crippen molar-refractivity contribution in [1.82, 2.24) is 5.32 Å². The number of hydrogen-bond donors (Lipinski definition) is 1. The quantitative estimate of drug-likeness (QED) is 0.922. The summed E-state index contributed by atoms with van der Waals surface area (Å²) in [5, 5.41) is 3.95. The van der Waals surface area contributed by atoms with Gasteiger partial charge in [0.2, 0.25) is 5.91 Å². The molecule has 1 heterocycles. The number of benzene rings is 2. The SMILES string of the molecule is O=C(NC1CCOc2ccccc21)C1CC1c1ccccc1Cl. The lowest BCUT2D eigenvalue weighted by molar-refractivity contribution is -0.123. The van der Waals surface area contributed by atoms with Crippen LogP contribution in [0.4, 0.5) is 0 Å².